The molecular formula is C19H22N2O2S2. The van der Waals surface area contributed by atoms with Crippen LogP contribution in [-0.4, -0.2) is 17.1 Å². The Kier molecular flexibility index (Phi) is 5.20. The van der Waals surface area contributed by atoms with Crippen molar-refractivity contribution < 1.29 is 9.59 Å². The van der Waals surface area contributed by atoms with Gasteiger partial charge in [-0.25, -0.2) is 0 Å². The number of thiophene rings is 1. The Morgan fingerprint density at radius 3 is 2.72 bits per heavy atom. The molecule has 0 bridgehead atoms. The molecule has 1 aliphatic rings. The number of hydrogen-bond donors (Lipinski definition) is 2. The molecule has 1 aromatic heterocycles. The summed E-state index contributed by atoms with van der Waals surface area (Å²) in [6.07, 6.45) is 2.88. The SMILES string of the molecule is Cc1ccc(S[C@H](C)C(=O)Nc2sc3c(c2C(N)=O)CCC3)c(C)c1. The molecule has 0 saturated heterocycles. The van der Waals surface area contributed by atoms with Gasteiger partial charge in [-0.05, 0) is 57.2 Å². The molecule has 0 unspecified atom stereocenters. The van der Waals surface area contributed by atoms with E-state index in [1.807, 2.05) is 13.0 Å². The lowest BCUT2D eigenvalue weighted by Gasteiger charge is -2.14. The summed E-state index contributed by atoms with van der Waals surface area (Å²) in [5.41, 5.74) is 9.46. The van der Waals surface area contributed by atoms with E-state index in [4.69, 9.17) is 5.73 Å². The van der Waals surface area contributed by atoms with Crippen molar-refractivity contribution in [1.29, 1.82) is 0 Å². The predicted octanol–water partition coefficient (Wildman–Crippen LogP) is 4.07. The highest BCUT2D eigenvalue weighted by molar-refractivity contribution is 8.00. The van der Waals surface area contributed by atoms with Crippen molar-refractivity contribution in [2.45, 2.75) is 50.2 Å². The third-order valence-corrected chi connectivity index (χ3v) is 6.89. The molecular weight excluding hydrogens is 352 g/mol. The first-order chi connectivity index (χ1) is 11.9. The fourth-order valence-corrected chi connectivity index (χ4v) is 5.38. The third kappa shape index (κ3) is 3.75. The normalized spacial score (nSPS) is 14.2. The van der Waals surface area contributed by atoms with E-state index in [-0.39, 0.29) is 11.2 Å². The van der Waals surface area contributed by atoms with Gasteiger partial charge in [-0.1, -0.05) is 17.7 Å². The molecule has 0 fully saturated rings. The number of nitrogens with one attached hydrogen (secondary N) is 1. The van der Waals surface area contributed by atoms with Crippen molar-refractivity contribution >= 4 is 39.9 Å². The number of amides is 2. The van der Waals surface area contributed by atoms with Crippen LogP contribution in [0.1, 0.15) is 45.3 Å². The first-order valence-corrected chi connectivity index (χ1v) is 10.1. The summed E-state index contributed by atoms with van der Waals surface area (Å²) in [7, 11) is 0. The Balaban J connectivity index is 1.75. The van der Waals surface area contributed by atoms with Crippen molar-refractivity contribution in [1.82, 2.24) is 0 Å². The van der Waals surface area contributed by atoms with Crippen LogP contribution in [0.3, 0.4) is 0 Å². The quantitative estimate of drug-likeness (QED) is 0.775. The van der Waals surface area contributed by atoms with Gasteiger partial charge in [-0.3, -0.25) is 9.59 Å². The minimum absolute atomic E-state index is 0.104. The van der Waals surface area contributed by atoms with Crippen LogP contribution in [0.5, 0.6) is 0 Å². The van der Waals surface area contributed by atoms with Gasteiger partial charge >= 0.3 is 0 Å². The van der Waals surface area contributed by atoms with E-state index in [2.05, 4.69) is 31.3 Å². The van der Waals surface area contributed by atoms with E-state index in [9.17, 15) is 9.59 Å². The Hall–Kier alpha value is -1.79. The van der Waals surface area contributed by atoms with Crippen LogP contribution in [0.2, 0.25) is 0 Å². The van der Waals surface area contributed by atoms with Crippen LogP contribution < -0.4 is 11.1 Å². The molecule has 0 radical (unpaired) electrons. The number of aryl methyl sites for hydroxylation is 3. The number of thioether (sulfide) groups is 1. The first kappa shape index (κ1) is 18.0. The molecule has 6 heteroatoms. The second kappa shape index (κ2) is 7.22. The molecule has 1 aromatic carbocycles. The topological polar surface area (TPSA) is 72.2 Å². The highest BCUT2D eigenvalue weighted by Crippen LogP contribution is 2.39. The van der Waals surface area contributed by atoms with Crippen molar-refractivity contribution in [2.24, 2.45) is 5.73 Å². The molecule has 1 aliphatic carbocycles. The molecule has 132 valence electrons. The van der Waals surface area contributed by atoms with Gasteiger partial charge in [0.15, 0.2) is 0 Å². The summed E-state index contributed by atoms with van der Waals surface area (Å²) in [6, 6.07) is 6.21. The summed E-state index contributed by atoms with van der Waals surface area (Å²) in [5.74, 6) is -0.559. The molecule has 0 saturated carbocycles. The second-order valence-corrected chi connectivity index (χ2v) is 8.93. The van der Waals surface area contributed by atoms with Crippen molar-refractivity contribution in [2.75, 3.05) is 5.32 Å². The van der Waals surface area contributed by atoms with Crippen molar-refractivity contribution in [3.8, 4) is 0 Å². The van der Waals surface area contributed by atoms with Gasteiger partial charge in [0, 0.05) is 9.77 Å². The molecule has 1 atom stereocenters. The van der Waals surface area contributed by atoms with Crippen LogP contribution in [0.4, 0.5) is 5.00 Å². The molecule has 3 N–H and O–H groups in total. The summed E-state index contributed by atoms with van der Waals surface area (Å²) in [6.45, 7) is 5.98. The van der Waals surface area contributed by atoms with Crippen molar-refractivity contribution in [3.05, 3.63) is 45.3 Å². The van der Waals surface area contributed by atoms with Crippen LogP contribution in [-0.2, 0) is 17.6 Å². The molecule has 0 spiro atoms. The van der Waals surface area contributed by atoms with Gasteiger partial charge in [0.05, 0.1) is 10.8 Å². The standard InChI is InChI=1S/C19H22N2O2S2/c1-10-7-8-14(11(2)9-10)24-12(3)18(23)21-19-16(17(20)22)13-5-4-6-15(13)25-19/h7-9,12H,4-6H2,1-3H3,(H2,20,22)(H,21,23)/t12-/m1/s1. The third-order valence-electron chi connectivity index (χ3n) is 4.41. The van der Waals surface area contributed by atoms with Gasteiger partial charge in [0.25, 0.3) is 5.91 Å². The van der Waals surface area contributed by atoms with Crippen molar-refractivity contribution in [3.63, 3.8) is 0 Å². The molecule has 4 nitrogen and oxygen atoms in total. The minimum atomic E-state index is -0.454. The van der Waals surface area contributed by atoms with Crippen LogP contribution in [0, 0.1) is 13.8 Å². The average Bonchev–Trinajstić information content (AvgIpc) is 3.09. The van der Waals surface area contributed by atoms with Crippen LogP contribution in [0.15, 0.2) is 23.1 Å². The van der Waals surface area contributed by atoms with E-state index < -0.39 is 5.91 Å². The number of hydrogen-bond acceptors (Lipinski definition) is 4. The fourth-order valence-electron chi connectivity index (χ4n) is 3.14. The lowest BCUT2D eigenvalue weighted by Crippen LogP contribution is -2.24. The van der Waals surface area contributed by atoms with Crippen LogP contribution in [0.25, 0.3) is 0 Å². The zero-order valence-corrected chi connectivity index (χ0v) is 16.3. The number of carbonyl (C=O) groups excluding carboxylic acids is 2. The lowest BCUT2D eigenvalue weighted by molar-refractivity contribution is -0.115. The highest BCUT2D eigenvalue weighted by Gasteiger charge is 2.27. The number of nitrogens with two attached hydrogens (primary N) is 1. The molecule has 0 aliphatic heterocycles. The number of benzene rings is 1. The second-order valence-electron chi connectivity index (χ2n) is 6.44. The zero-order chi connectivity index (χ0) is 18.1. The summed E-state index contributed by atoms with van der Waals surface area (Å²) >= 11 is 3.02. The number of anilines is 1. The van der Waals surface area contributed by atoms with Gasteiger partial charge < -0.3 is 11.1 Å². The zero-order valence-electron chi connectivity index (χ0n) is 14.6. The fraction of sp³-hybridized carbons (Fsp3) is 0.368. The summed E-state index contributed by atoms with van der Waals surface area (Å²) < 4.78 is 0. The molecule has 2 amide bonds. The number of rotatable bonds is 5. The van der Waals surface area contributed by atoms with E-state index in [1.165, 1.54) is 33.5 Å². The molecule has 3 rings (SSSR count). The smallest absolute Gasteiger partial charge is 0.251 e. The van der Waals surface area contributed by atoms with E-state index >= 15 is 0 Å². The maximum atomic E-state index is 12.6. The monoisotopic (exact) mass is 374 g/mol. The number of primary amides is 1. The predicted molar refractivity (Wildman–Crippen MR) is 105 cm³/mol. The van der Waals surface area contributed by atoms with E-state index in [0.717, 1.165) is 35.3 Å². The number of carbonyl (C=O) groups is 2. The van der Waals surface area contributed by atoms with E-state index in [0.29, 0.717) is 10.6 Å². The summed E-state index contributed by atoms with van der Waals surface area (Å²) in [5, 5.41) is 3.27. The lowest BCUT2D eigenvalue weighted by atomic mass is 10.1. The van der Waals surface area contributed by atoms with E-state index in [1.54, 1.807) is 0 Å². The average molecular weight is 375 g/mol. The highest BCUT2D eigenvalue weighted by atomic mass is 32.2. The summed E-state index contributed by atoms with van der Waals surface area (Å²) in [4.78, 5) is 26.7. The first-order valence-electron chi connectivity index (χ1n) is 8.36. The molecule has 2 aromatic rings. The van der Waals surface area contributed by atoms with Gasteiger partial charge in [0.2, 0.25) is 5.91 Å². The Morgan fingerprint density at radius 2 is 2.04 bits per heavy atom. The minimum Gasteiger partial charge on any atom is -0.365 e. The molecule has 25 heavy (non-hydrogen) atoms. The maximum absolute atomic E-state index is 12.6. The Labute approximate surface area is 156 Å². The number of fused-ring (bicyclic) bond motifs is 1. The maximum Gasteiger partial charge on any atom is 0.251 e. The van der Waals surface area contributed by atoms with Gasteiger partial charge in [0.1, 0.15) is 5.00 Å². The largest absolute Gasteiger partial charge is 0.365 e. The van der Waals surface area contributed by atoms with Gasteiger partial charge in [-0.15, -0.1) is 23.1 Å². The van der Waals surface area contributed by atoms with Crippen LogP contribution >= 0.6 is 23.1 Å². The Bertz CT molecular complexity index is 842. The van der Waals surface area contributed by atoms with Gasteiger partial charge in [-0.2, -0.15) is 0 Å². The molecule has 1 heterocycles. The Morgan fingerprint density at radius 1 is 1.28 bits per heavy atom.